The fraction of sp³-hybridized carbons (Fsp3) is 0.357. The Bertz CT molecular complexity index is 644. The Kier molecular flexibility index (Phi) is 3.44. The molecule has 21 heavy (non-hydrogen) atoms. The third-order valence-electron chi connectivity index (χ3n) is 3.58. The molecule has 0 radical (unpaired) electrons. The maximum atomic E-state index is 12.1. The highest BCUT2D eigenvalue weighted by Crippen LogP contribution is 2.18. The molecule has 1 fully saturated rings. The average molecular weight is 287 g/mol. The lowest BCUT2D eigenvalue weighted by Gasteiger charge is -2.20. The molecule has 1 amide bonds. The van der Waals surface area contributed by atoms with E-state index in [4.69, 9.17) is 10.5 Å². The zero-order valence-corrected chi connectivity index (χ0v) is 11.7. The van der Waals surface area contributed by atoms with Crippen LogP contribution in [0.4, 0.5) is 5.69 Å². The highest BCUT2D eigenvalue weighted by molar-refractivity contribution is 5.98. The van der Waals surface area contributed by atoms with E-state index in [1.807, 2.05) is 23.8 Å². The molecule has 7 nitrogen and oxygen atoms in total. The summed E-state index contributed by atoms with van der Waals surface area (Å²) < 4.78 is 7.05. The number of nitrogens with two attached hydrogens (primary N) is 1. The Hall–Kier alpha value is -2.25. The molecule has 2 aromatic heterocycles. The summed E-state index contributed by atoms with van der Waals surface area (Å²) >= 11 is 0. The first-order valence-corrected chi connectivity index (χ1v) is 6.73. The van der Waals surface area contributed by atoms with E-state index in [9.17, 15) is 4.79 Å². The summed E-state index contributed by atoms with van der Waals surface area (Å²) in [5.41, 5.74) is 5.67. The van der Waals surface area contributed by atoms with Crippen LogP contribution >= 0.6 is 0 Å². The van der Waals surface area contributed by atoms with Gasteiger partial charge in [0, 0.05) is 19.0 Å². The third kappa shape index (κ3) is 2.65. The van der Waals surface area contributed by atoms with Gasteiger partial charge in [-0.05, 0) is 25.5 Å². The second-order valence-corrected chi connectivity index (χ2v) is 5.16. The Labute approximate surface area is 122 Å². The zero-order valence-electron chi connectivity index (χ0n) is 11.7. The van der Waals surface area contributed by atoms with Crippen molar-refractivity contribution in [3.05, 3.63) is 36.5 Å². The van der Waals surface area contributed by atoms with Crippen LogP contribution in [0.25, 0.3) is 5.82 Å². The molecule has 0 spiro atoms. The number of hydrogen-bond acceptors (Lipinski definition) is 5. The molecule has 1 saturated heterocycles. The van der Waals surface area contributed by atoms with Gasteiger partial charge < -0.3 is 15.8 Å². The second kappa shape index (κ2) is 5.27. The molecule has 7 heteroatoms. The number of nitrogens with one attached hydrogen (secondary N) is 1. The number of anilines is 1. The van der Waals surface area contributed by atoms with Gasteiger partial charge in [-0.2, -0.15) is 0 Å². The van der Waals surface area contributed by atoms with E-state index in [1.165, 1.54) is 0 Å². The molecular weight excluding hydrogens is 270 g/mol. The van der Waals surface area contributed by atoms with Crippen LogP contribution in [0.1, 0.15) is 12.2 Å². The number of ether oxygens (including phenoxy) is 1. The van der Waals surface area contributed by atoms with Gasteiger partial charge in [0.2, 0.25) is 5.91 Å². The minimum absolute atomic E-state index is 0.242. The van der Waals surface area contributed by atoms with Gasteiger partial charge in [0.15, 0.2) is 0 Å². The molecular formula is C14H17N5O2. The molecule has 1 aliphatic rings. The van der Waals surface area contributed by atoms with Gasteiger partial charge in [-0.15, -0.1) is 0 Å². The number of hydrogen-bond donors (Lipinski definition) is 2. The van der Waals surface area contributed by atoms with Crippen molar-refractivity contribution in [2.45, 2.75) is 18.9 Å². The van der Waals surface area contributed by atoms with Gasteiger partial charge in [0.05, 0.1) is 18.5 Å². The number of carbonyl (C=O) groups excluding carboxylic acids is 1. The van der Waals surface area contributed by atoms with E-state index >= 15 is 0 Å². The summed E-state index contributed by atoms with van der Waals surface area (Å²) in [4.78, 5) is 20.6. The van der Waals surface area contributed by atoms with Crippen molar-refractivity contribution in [3.8, 4) is 5.82 Å². The van der Waals surface area contributed by atoms with Crippen LogP contribution in [0.15, 0.2) is 30.7 Å². The van der Waals surface area contributed by atoms with E-state index in [-0.39, 0.29) is 12.5 Å². The molecule has 1 atom stereocenters. The summed E-state index contributed by atoms with van der Waals surface area (Å²) in [7, 11) is 0. The van der Waals surface area contributed by atoms with Gasteiger partial charge in [-0.3, -0.25) is 9.36 Å². The van der Waals surface area contributed by atoms with Crippen LogP contribution in [0.5, 0.6) is 0 Å². The van der Waals surface area contributed by atoms with Gasteiger partial charge in [0.1, 0.15) is 17.2 Å². The first-order chi connectivity index (χ1) is 10.1. The van der Waals surface area contributed by atoms with E-state index in [2.05, 4.69) is 15.3 Å². The van der Waals surface area contributed by atoms with E-state index in [1.54, 1.807) is 18.5 Å². The predicted molar refractivity (Wildman–Crippen MR) is 77.1 cm³/mol. The first-order valence-electron chi connectivity index (χ1n) is 6.73. The fourth-order valence-corrected chi connectivity index (χ4v) is 2.24. The quantitative estimate of drug-likeness (QED) is 0.863. The Balaban J connectivity index is 1.73. The van der Waals surface area contributed by atoms with E-state index < -0.39 is 5.54 Å². The van der Waals surface area contributed by atoms with Crippen LogP contribution in [0.2, 0.25) is 0 Å². The van der Waals surface area contributed by atoms with Gasteiger partial charge in [-0.1, -0.05) is 0 Å². The smallest absolute Gasteiger partial charge is 0.246 e. The largest absolute Gasteiger partial charge is 0.379 e. The minimum Gasteiger partial charge on any atom is -0.379 e. The molecule has 0 aromatic carbocycles. The molecule has 3 rings (SSSR count). The maximum Gasteiger partial charge on any atom is 0.246 e. The summed E-state index contributed by atoms with van der Waals surface area (Å²) in [5.74, 6) is 1.35. The maximum absolute atomic E-state index is 12.1. The van der Waals surface area contributed by atoms with Crippen molar-refractivity contribution in [2.75, 3.05) is 18.5 Å². The minimum atomic E-state index is -0.945. The number of pyridine rings is 1. The average Bonchev–Trinajstić information content (AvgIpc) is 3.09. The molecule has 1 unspecified atom stereocenters. The summed E-state index contributed by atoms with van der Waals surface area (Å²) in [6.07, 6.45) is 5.68. The normalized spacial score (nSPS) is 21.4. The van der Waals surface area contributed by atoms with Crippen LogP contribution in [0, 0.1) is 6.92 Å². The second-order valence-electron chi connectivity index (χ2n) is 5.16. The lowest BCUT2D eigenvalue weighted by Crippen LogP contribution is -2.51. The monoisotopic (exact) mass is 287 g/mol. The van der Waals surface area contributed by atoms with Crippen molar-refractivity contribution in [3.63, 3.8) is 0 Å². The van der Waals surface area contributed by atoms with Gasteiger partial charge in [-0.25, -0.2) is 9.97 Å². The van der Waals surface area contributed by atoms with Crippen LogP contribution in [0.3, 0.4) is 0 Å². The van der Waals surface area contributed by atoms with Gasteiger partial charge in [0.25, 0.3) is 0 Å². The fourth-order valence-electron chi connectivity index (χ4n) is 2.24. The molecule has 110 valence electrons. The lowest BCUT2D eigenvalue weighted by atomic mass is 9.99. The summed E-state index contributed by atoms with van der Waals surface area (Å²) in [6, 6.07) is 3.61. The standard InChI is InChI=1S/C14H17N5O2/c1-10-16-5-6-19(10)12-3-2-11(8-17-12)18-13(20)14(15)4-7-21-9-14/h2-3,5-6,8H,4,7,9,15H2,1H3,(H,18,20). The summed E-state index contributed by atoms with van der Waals surface area (Å²) in [6.45, 7) is 2.66. The lowest BCUT2D eigenvalue weighted by molar-refractivity contribution is -0.121. The van der Waals surface area contributed by atoms with Crippen LogP contribution < -0.4 is 11.1 Å². The molecule has 3 N–H and O–H groups in total. The van der Waals surface area contributed by atoms with Crippen molar-refractivity contribution < 1.29 is 9.53 Å². The molecule has 2 aromatic rings. The van der Waals surface area contributed by atoms with Crippen molar-refractivity contribution in [1.82, 2.24) is 14.5 Å². The third-order valence-corrected chi connectivity index (χ3v) is 3.58. The number of imidazole rings is 1. The number of carbonyl (C=O) groups is 1. The molecule has 0 aliphatic carbocycles. The van der Waals surface area contributed by atoms with Gasteiger partial charge >= 0.3 is 0 Å². The SMILES string of the molecule is Cc1nccn1-c1ccc(NC(=O)C2(N)CCOC2)cn1. The molecule has 0 bridgehead atoms. The van der Waals surface area contributed by atoms with E-state index in [0.717, 1.165) is 11.6 Å². The topological polar surface area (TPSA) is 95.1 Å². The van der Waals surface area contributed by atoms with Crippen molar-refractivity contribution in [2.24, 2.45) is 5.73 Å². The number of rotatable bonds is 3. The number of aromatic nitrogens is 3. The predicted octanol–water partition coefficient (Wildman–Crippen LogP) is 0.632. The Morgan fingerprint density at radius 2 is 2.33 bits per heavy atom. The highest BCUT2D eigenvalue weighted by atomic mass is 16.5. The summed E-state index contributed by atoms with van der Waals surface area (Å²) in [5, 5.41) is 2.78. The van der Waals surface area contributed by atoms with Crippen LogP contribution in [-0.4, -0.2) is 39.2 Å². The van der Waals surface area contributed by atoms with Crippen LogP contribution in [-0.2, 0) is 9.53 Å². The molecule has 3 heterocycles. The highest BCUT2D eigenvalue weighted by Gasteiger charge is 2.38. The zero-order chi connectivity index (χ0) is 14.9. The Morgan fingerprint density at radius 3 is 2.90 bits per heavy atom. The first kappa shape index (κ1) is 13.7. The number of aryl methyl sites for hydroxylation is 1. The number of nitrogens with zero attached hydrogens (tertiary/aromatic N) is 3. The van der Waals surface area contributed by atoms with Crippen molar-refractivity contribution >= 4 is 11.6 Å². The van der Waals surface area contributed by atoms with E-state index in [0.29, 0.717) is 18.7 Å². The van der Waals surface area contributed by atoms with Crippen molar-refractivity contribution in [1.29, 1.82) is 0 Å². The number of amides is 1. The molecule has 0 saturated carbocycles. The molecule has 1 aliphatic heterocycles. The Morgan fingerprint density at radius 1 is 1.48 bits per heavy atom.